The summed E-state index contributed by atoms with van der Waals surface area (Å²) in [7, 11) is 0. The maximum absolute atomic E-state index is 12.6. The number of hydrogen-bond acceptors (Lipinski definition) is 4. The fourth-order valence-electron chi connectivity index (χ4n) is 2.07. The summed E-state index contributed by atoms with van der Waals surface area (Å²) in [6.45, 7) is 5.69. The van der Waals surface area contributed by atoms with Gasteiger partial charge in [-0.05, 0) is 51.3 Å². The topological polar surface area (TPSA) is 76.4 Å². The predicted octanol–water partition coefficient (Wildman–Crippen LogP) is 2.99. The van der Waals surface area contributed by atoms with Crippen LogP contribution in [0.25, 0.3) is 0 Å². The average Bonchev–Trinajstić information content (AvgIpc) is 2.42. The molecule has 5 nitrogen and oxygen atoms in total. The molecular weight excluding hydrogens is 323 g/mol. The van der Waals surface area contributed by atoms with E-state index in [4.69, 9.17) is 10.6 Å². The maximum atomic E-state index is 12.6. The lowest BCUT2D eigenvalue weighted by atomic mass is 10.0. The van der Waals surface area contributed by atoms with Crippen molar-refractivity contribution in [1.82, 2.24) is 10.7 Å². The van der Waals surface area contributed by atoms with E-state index < -0.39 is 23.4 Å². The molecule has 0 saturated carbocycles. The summed E-state index contributed by atoms with van der Waals surface area (Å²) in [4.78, 5) is 11.9. The second kappa shape index (κ2) is 8.34. The van der Waals surface area contributed by atoms with E-state index in [0.717, 1.165) is 12.1 Å². The largest absolute Gasteiger partial charge is 0.444 e. The minimum Gasteiger partial charge on any atom is -0.444 e. The van der Waals surface area contributed by atoms with Crippen LogP contribution >= 0.6 is 0 Å². The highest BCUT2D eigenvalue weighted by Crippen LogP contribution is 2.29. The molecule has 0 aliphatic rings. The molecule has 0 aromatic heterocycles. The highest BCUT2D eigenvalue weighted by molar-refractivity contribution is 5.68. The number of hydrogen-bond donors (Lipinski definition) is 3. The van der Waals surface area contributed by atoms with Gasteiger partial charge in [0.15, 0.2) is 0 Å². The summed E-state index contributed by atoms with van der Waals surface area (Å²) in [5.74, 6) is 5.25. The fourth-order valence-corrected chi connectivity index (χ4v) is 2.07. The van der Waals surface area contributed by atoms with Gasteiger partial charge in [-0.1, -0.05) is 12.1 Å². The molecule has 1 aromatic carbocycles. The van der Waals surface area contributed by atoms with Crippen LogP contribution in [0.4, 0.5) is 18.0 Å². The standard InChI is InChI=1S/C16H24F3N3O2/c1-15(2,3)24-14(23)22-13(8-9-21-20)10-11-4-6-12(7-5-11)16(17,18)19/h4-7,13,21H,8-10,20H2,1-3H3,(H,22,23)/t13-/m1/s1. The van der Waals surface area contributed by atoms with Gasteiger partial charge in [0, 0.05) is 12.6 Å². The van der Waals surface area contributed by atoms with Gasteiger partial charge in [-0.15, -0.1) is 0 Å². The molecule has 0 saturated heterocycles. The lowest BCUT2D eigenvalue weighted by Gasteiger charge is -2.24. The number of alkyl carbamates (subject to hydrolysis) is 1. The van der Waals surface area contributed by atoms with E-state index in [1.54, 1.807) is 20.8 Å². The zero-order valence-electron chi connectivity index (χ0n) is 14.0. The molecule has 0 fully saturated rings. The van der Waals surface area contributed by atoms with E-state index in [2.05, 4.69) is 10.7 Å². The highest BCUT2D eigenvalue weighted by atomic mass is 19.4. The van der Waals surface area contributed by atoms with Gasteiger partial charge in [0.2, 0.25) is 0 Å². The Kier molecular flexibility index (Phi) is 7.04. The third-order valence-corrected chi connectivity index (χ3v) is 3.12. The number of rotatable bonds is 6. The van der Waals surface area contributed by atoms with Gasteiger partial charge in [0.25, 0.3) is 0 Å². The monoisotopic (exact) mass is 347 g/mol. The van der Waals surface area contributed by atoms with Crippen molar-refractivity contribution in [3.05, 3.63) is 35.4 Å². The van der Waals surface area contributed by atoms with Gasteiger partial charge in [-0.2, -0.15) is 13.2 Å². The molecule has 0 aliphatic carbocycles. The number of nitrogens with one attached hydrogen (secondary N) is 2. The Balaban J connectivity index is 2.73. The quantitative estimate of drug-likeness (QED) is 0.546. The minimum absolute atomic E-state index is 0.312. The van der Waals surface area contributed by atoms with Crippen LogP contribution in [-0.2, 0) is 17.3 Å². The summed E-state index contributed by atoms with van der Waals surface area (Å²) in [6.07, 6.45) is -4.05. The van der Waals surface area contributed by atoms with Crippen molar-refractivity contribution in [1.29, 1.82) is 0 Å². The second-order valence-electron chi connectivity index (χ2n) is 6.48. The molecule has 0 bridgehead atoms. The van der Waals surface area contributed by atoms with Crippen LogP contribution in [0.5, 0.6) is 0 Å². The van der Waals surface area contributed by atoms with E-state index in [-0.39, 0.29) is 6.04 Å². The van der Waals surface area contributed by atoms with Crippen LogP contribution in [0.1, 0.15) is 38.3 Å². The van der Waals surface area contributed by atoms with Crippen LogP contribution in [0, 0.1) is 0 Å². The van der Waals surface area contributed by atoms with Gasteiger partial charge >= 0.3 is 12.3 Å². The second-order valence-corrected chi connectivity index (χ2v) is 6.48. The van der Waals surface area contributed by atoms with Gasteiger partial charge < -0.3 is 10.1 Å². The first-order chi connectivity index (χ1) is 11.0. The number of alkyl halides is 3. The van der Waals surface area contributed by atoms with Crippen LogP contribution < -0.4 is 16.6 Å². The molecule has 0 spiro atoms. The zero-order chi connectivity index (χ0) is 18.4. The molecule has 1 atom stereocenters. The molecule has 8 heteroatoms. The van der Waals surface area contributed by atoms with E-state index in [0.29, 0.717) is 24.9 Å². The maximum Gasteiger partial charge on any atom is 0.416 e. The van der Waals surface area contributed by atoms with Crippen LogP contribution in [-0.4, -0.2) is 24.3 Å². The Morgan fingerprint density at radius 2 is 1.79 bits per heavy atom. The Morgan fingerprint density at radius 1 is 1.21 bits per heavy atom. The van der Waals surface area contributed by atoms with Crippen LogP contribution in [0.15, 0.2) is 24.3 Å². The smallest absolute Gasteiger partial charge is 0.416 e. The molecule has 1 aromatic rings. The summed E-state index contributed by atoms with van der Waals surface area (Å²) in [5.41, 5.74) is 1.84. The first-order valence-electron chi connectivity index (χ1n) is 7.60. The van der Waals surface area contributed by atoms with Crippen molar-refractivity contribution in [2.45, 2.75) is 51.4 Å². The number of hydrazine groups is 1. The lowest BCUT2D eigenvalue weighted by Crippen LogP contribution is -2.42. The van der Waals surface area contributed by atoms with E-state index in [9.17, 15) is 18.0 Å². The van der Waals surface area contributed by atoms with Gasteiger partial charge in [-0.25, -0.2) is 4.79 Å². The molecule has 1 amide bonds. The Bertz CT molecular complexity index is 525. The van der Waals surface area contributed by atoms with Crippen molar-refractivity contribution in [2.24, 2.45) is 5.84 Å². The van der Waals surface area contributed by atoms with Crippen LogP contribution in [0.2, 0.25) is 0 Å². The average molecular weight is 347 g/mol. The third-order valence-electron chi connectivity index (χ3n) is 3.12. The Morgan fingerprint density at radius 3 is 2.25 bits per heavy atom. The number of benzene rings is 1. The number of ether oxygens (including phenoxy) is 1. The number of carbonyl (C=O) groups is 1. The molecule has 4 N–H and O–H groups in total. The van der Waals surface area contributed by atoms with E-state index in [1.165, 1.54) is 12.1 Å². The summed E-state index contributed by atoms with van der Waals surface area (Å²) < 4.78 is 42.9. The molecular formula is C16H24F3N3O2. The fraction of sp³-hybridized carbons (Fsp3) is 0.562. The summed E-state index contributed by atoms with van der Waals surface area (Å²) in [6, 6.07) is 4.56. The van der Waals surface area contributed by atoms with Crippen molar-refractivity contribution in [3.8, 4) is 0 Å². The van der Waals surface area contributed by atoms with Gasteiger partial charge in [0.05, 0.1) is 5.56 Å². The molecule has 1 rings (SSSR count). The Hall–Kier alpha value is -1.80. The molecule has 0 aliphatic heterocycles. The third kappa shape index (κ3) is 7.65. The molecule has 0 heterocycles. The zero-order valence-corrected chi connectivity index (χ0v) is 14.0. The molecule has 24 heavy (non-hydrogen) atoms. The van der Waals surface area contributed by atoms with E-state index >= 15 is 0 Å². The van der Waals surface area contributed by atoms with Gasteiger partial charge in [-0.3, -0.25) is 11.3 Å². The van der Waals surface area contributed by atoms with Crippen molar-refractivity contribution in [2.75, 3.05) is 6.54 Å². The number of amides is 1. The molecule has 136 valence electrons. The molecule has 0 unspecified atom stereocenters. The summed E-state index contributed by atoms with van der Waals surface area (Å²) >= 11 is 0. The number of halogens is 3. The molecule has 0 radical (unpaired) electrons. The first kappa shape index (κ1) is 20.2. The minimum atomic E-state index is -4.36. The first-order valence-corrected chi connectivity index (χ1v) is 7.60. The number of nitrogens with two attached hydrogens (primary N) is 1. The summed E-state index contributed by atoms with van der Waals surface area (Å²) in [5, 5.41) is 2.72. The normalized spacial score (nSPS) is 13.5. The van der Waals surface area contributed by atoms with Gasteiger partial charge in [0.1, 0.15) is 5.60 Å². The van der Waals surface area contributed by atoms with Crippen molar-refractivity contribution >= 4 is 6.09 Å². The SMILES string of the molecule is CC(C)(C)OC(=O)N[C@H](CCNN)Cc1ccc(C(F)(F)F)cc1. The highest BCUT2D eigenvalue weighted by Gasteiger charge is 2.30. The predicted molar refractivity (Wildman–Crippen MR) is 85.1 cm³/mol. The van der Waals surface area contributed by atoms with E-state index in [1.807, 2.05) is 0 Å². The van der Waals surface area contributed by atoms with Crippen molar-refractivity contribution in [3.63, 3.8) is 0 Å². The Labute approximate surface area is 139 Å². The van der Waals surface area contributed by atoms with Crippen LogP contribution in [0.3, 0.4) is 0 Å². The van der Waals surface area contributed by atoms with Crippen molar-refractivity contribution < 1.29 is 22.7 Å². The number of carbonyl (C=O) groups excluding carboxylic acids is 1. The lowest BCUT2D eigenvalue weighted by molar-refractivity contribution is -0.137.